The molecular formula is C19H28N2O4. The number of hydrogen-bond donors (Lipinski definition) is 1. The lowest BCUT2D eigenvalue weighted by Gasteiger charge is -2.19. The fourth-order valence-electron chi connectivity index (χ4n) is 2.81. The summed E-state index contributed by atoms with van der Waals surface area (Å²) in [4.78, 5) is 16.7. The van der Waals surface area contributed by atoms with E-state index in [2.05, 4.69) is 18.7 Å². The number of amides is 1. The van der Waals surface area contributed by atoms with Gasteiger partial charge in [-0.3, -0.25) is 9.69 Å². The van der Waals surface area contributed by atoms with E-state index in [1.165, 1.54) is 4.90 Å². The van der Waals surface area contributed by atoms with Crippen LogP contribution < -0.4 is 0 Å². The first-order valence-electron chi connectivity index (χ1n) is 8.89. The monoisotopic (exact) mass is 348 g/mol. The minimum atomic E-state index is -0.231. The highest BCUT2D eigenvalue weighted by Crippen LogP contribution is 2.21. The molecular weight excluding hydrogens is 320 g/mol. The second-order valence-electron chi connectivity index (χ2n) is 5.90. The van der Waals surface area contributed by atoms with Crippen LogP contribution >= 0.6 is 0 Å². The standard InChI is InChI=1S/C19H28N2O4/c1-4-17-15(13-20(5-2)6-3)12-18(25-17)19(23)21(9-10-22)14-16-8-7-11-24-16/h7-8,11-12,22H,4-6,9-10,13-14H2,1-3H3. The van der Waals surface area contributed by atoms with Gasteiger partial charge in [0.15, 0.2) is 5.76 Å². The Morgan fingerprint density at radius 3 is 2.52 bits per heavy atom. The molecule has 0 radical (unpaired) electrons. The Labute approximate surface area is 149 Å². The van der Waals surface area contributed by atoms with Gasteiger partial charge >= 0.3 is 0 Å². The van der Waals surface area contributed by atoms with Gasteiger partial charge in [-0.05, 0) is 31.3 Å². The van der Waals surface area contributed by atoms with Crippen LogP contribution in [-0.4, -0.2) is 47.1 Å². The maximum Gasteiger partial charge on any atom is 0.290 e. The molecule has 2 aromatic rings. The third kappa shape index (κ3) is 4.96. The van der Waals surface area contributed by atoms with Crippen LogP contribution in [0.15, 0.2) is 33.3 Å². The molecule has 0 saturated carbocycles. The predicted molar refractivity (Wildman–Crippen MR) is 95.2 cm³/mol. The largest absolute Gasteiger partial charge is 0.467 e. The van der Waals surface area contributed by atoms with Gasteiger partial charge < -0.3 is 18.8 Å². The van der Waals surface area contributed by atoms with Gasteiger partial charge in [-0.15, -0.1) is 0 Å². The van der Waals surface area contributed by atoms with E-state index in [1.54, 1.807) is 12.3 Å². The second-order valence-corrected chi connectivity index (χ2v) is 5.90. The lowest BCUT2D eigenvalue weighted by Crippen LogP contribution is -2.32. The molecule has 2 heterocycles. The third-order valence-corrected chi connectivity index (χ3v) is 4.30. The third-order valence-electron chi connectivity index (χ3n) is 4.30. The second kappa shape index (κ2) is 9.44. The molecule has 0 spiro atoms. The summed E-state index contributed by atoms with van der Waals surface area (Å²) in [5.74, 6) is 1.61. The van der Waals surface area contributed by atoms with Gasteiger partial charge in [-0.25, -0.2) is 0 Å². The Kier molecular flexibility index (Phi) is 7.28. The SMILES string of the molecule is CCc1oc(C(=O)N(CCO)Cc2ccco2)cc1CN(CC)CC. The van der Waals surface area contributed by atoms with Gasteiger partial charge in [0, 0.05) is 25.1 Å². The fourth-order valence-corrected chi connectivity index (χ4v) is 2.81. The number of rotatable bonds is 10. The topological polar surface area (TPSA) is 70.1 Å². The average molecular weight is 348 g/mol. The van der Waals surface area contributed by atoms with Crippen LogP contribution in [0.4, 0.5) is 0 Å². The van der Waals surface area contributed by atoms with E-state index >= 15 is 0 Å². The molecule has 0 aliphatic rings. The van der Waals surface area contributed by atoms with Crippen molar-refractivity contribution in [2.45, 2.75) is 40.3 Å². The number of furan rings is 2. The number of nitrogens with zero attached hydrogens (tertiary/aromatic N) is 2. The molecule has 6 heteroatoms. The first-order valence-corrected chi connectivity index (χ1v) is 8.89. The number of aliphatic hydroxyl groups excluding tert-OH is 1. The first kappa shape index (κ1) is 19.3. The maximum atomic E-state index is 12.8. The van der Waals surface area contributed by atoms with Crippen LogP contribution in [0.1, 0.15) is 48.4 Å². The summed E-state index contributed by atoms with van der Waals surface area (Å²) >= 11 is 0. The number of carbonyl (C=O) groups excluding carboxylic acids is 1. The van der Waals surface area contributed by atoms with Crippen molar-refractivity contribution < 1.29 is 18.7 Å². The van der Waals surface area contributed by atoms with Crippen molar-refractivity contribution in [2.24, 2.45) is 0 Å². The van der Waals surface area contributed by atoms with Crippen LogP contribution in [0.3, 0.4) is 0 Å². The van der Waals surface area contributed by atoms with Gasteiger partial charge in [0.1, 0.15) is 11.5 Å². The van der Waals surface area contributed by atoms with E-state index in [1.807, 2.05) is 19.1 Å². The number of hydrogen-bond acceptors (Lipinski definition) is 5. The van der Waals surface area contributed by atoms with Crippen LogP contribution in [0, 0.1) is 0 Å². The molecule has 0 fully saturated rings. The van der Waals surface area contributed by atoms with Crippen LogP contribution in [0.5, 0.6) is 0 Å². The summed E-state index contributed by atoms with van der Waals surface area (Å²) in [7, 11) is 0. The molecule has 1 N–H and O–H groups in total. The Bertz CT molecular complexity index is 644. The van der Waals surface area contributed by atoms with Gasteiger partial charge in [-0.2, -0.15) is 0 Å². The molecule has 0 aromatic carbocycles. The summed E-state index contributed by atoms with van der Waals surface area (Å²) in [6, 6.07) is 5.43. The fraction of sp³-hybridized carbons (Fsp3) is 0.526. The van der Waals surface area contributed by atoms with E-state index in [0.29, 0.717) is 18.1 Å². The van der Waals surface area contributed by atoms with Crippen LogP contribution in [0.2, 0.25) is 0 Å². The number of aryl methyl sites for hydroxylation is 1. The zero-order valence-electron chi connectivity index (χ0n) is 15.3. The minimum absolute atomic E-state index is 0.111. The summed E-state index contributed by atoms with van der Waals surface area (Å²) in [5, 5.41) is 9.29. The quantitative estimate of drug-likeness (QED) is 0.715. The Balaban J connectivity index is 2.19. The summed E-state index contributed by atoms with van der Waals surface area (Å²) < 4.78 is 11.1. The lowest BCUT2D eigenvalue weighted by atomic mass is 10.2. The smallest absolute Gasteiger partial charge is 0.290 e. The molecule has 0 bridgehead atoms. The molecule has 0 saturated heterocycles. The lowest BCUT2D eigenvalue weighted by molar-refractivity contribution is 0.0661. The molecule has 25 heavy (non-hydrogen) atoms. The minimum Gasteiger partial charge on any atom is -0.467 e. The van der Waals surface area contributed by atoms with Crippen molar-refractivity contribution in [2.75, 3.05) is 26.2 Å². The van der Waals surface area contributed by atoms with Crippen molar-refractivity contribution in [3.63, 3.8) is 0 Å². The number of carbonyl (C=O) groups is 1. The highest BCUT2D eigenvalue weighted by atomic mass is 16.4. The van der Waals surface area contributed by atoms with E-state index in [0.717, 1.165) is 37.4 Å². The molecule has 0 atom stereocenters. The van der Waals surface area contributed by atoms with Crippen molar-refractivity contribution in [3.05, 3.63) is 47.3 Å². The zero-order valence-corrected chi connectivity index (χ0v) is 15.3. The Morgan fingerprint density at radius 2 is 1.96 bits per heavy atom. The highest BCUT2D eigenvalue weighted by Gasteiger charge is 2.23. The molecule has 6 nitrogen and oxygen atoms in total. The normalized spacial score (nSPS) is 11.2. The van der Waals surface area contributed by atoms with Crippen molar-refractivity contribution in [1.82, 2.24) is 9.80 Å². The summed E-state index contributed by atoms with van der Waals surface area (Å²) in [6.45, 7) is 9.35. The summed E-state index contributed by atoms with van der Waals surface area (Å²) in [6.07, 6.45) is 2.31. The Morgan fingerprint density at radius 1 is 1.20 bits per heavy atom. The van der Waals surface area contributed by atoms with E-state index < -0.39 is 0 Å². The highest BCUT2D eigenvalue weighted by molar-refractivity contribution is 5.91. The van der Waals surface area contributed by atoms with Crippen LogP contribution in [-0.2, 0) is 19.5 Å². The van der Waals surface area contributed by atoms with Gasteiger partial charge in [0.2, 0.25) is 0 Å². The first-order chi connectivity index (χ1) is 12.1. The van der Waals surface area contributed by atoms with E-state index in [4.69, 9.17) is 8.83 Å². The molecule has 0 aliphatic heterocycles. The zero-order chi connectivity index (χ0) is 18.2. The number of aliphatic hydroxyl groups is 1. The van der Waals surface area contributed by atoms with Gasteiger partial charge in [0.05, 0.1) is 19.4 Å². The average Bonchev–Trinajstić information content (AvgIpc) is 3.28. The van der Waals surface area contributed by atoms with E-state index in [9.17, 15) is 9.90 Å². The van der Waals surface area contributed by atoms with Crippen molar-refractivity contribution in [1.29, 1.82) is 0 Å². The molecule has 2 aromatic heterocycles. The van der Waals surface area contributed by atoms with Gasteiger partial charge in [0.25, 0.3) is 5.91 Å². The van der Waals surface area contributed by atoms with Gasteiger partial charge in [-0.1, -0.05) is 20.8 Å². The molecule has 0 unspecified atom stereocenters. The van der Waals surface area contributed by atoms with E-state index in [-0.39, 0.29) is 19.1 Å². The predicted octanol–water partition coefficient (Wildman–Crippen LogP) is 2.91. The Hall–Kier alpha value is -2.05. The van der Waals surface area contributed by atoms with Crippen molar-refractivity contribution >= 4 is 5.91 Å². The molecule has 138 valence electrons. The van der Waals surface area contributed by atoms with Crippen molar-refractivity contribution in [3.8, 4) is 0 Å². The molecule has 2 rings (SSSR count). The van der Waals surface area contributed by atoms with Crippen LogP contribution in [0.25, 0.3) is 0 Å². The molecule has 1 amide bonds. The molecule has 0 aliphatic carbocycles. The summed E-state index contributed by atoms with van der Waals surface area (Å²) in [5.41, 5.74) is 1.05. The maximum absolute atomic E-state index is 12.8.